The SMILES string of the molecule is CCc1ccc(C(=O)c2ccc3n2CCCCC3C(=O)[O-])cc1.[K+]. The Hall–Kier alpha value is -0.724. The molecule has 0 radical (unpaired) electrons. The van der Waals surface area contributed by atoms with Crippen LogP contribution in [0.2, 0.25) is 0 Å². The van der Waals surface area contributed by atoms with Gasteiger partial charge in [-0.1, -0.05) is 37.6 Å². The van der Waals surface area contributed by atoms with E-state index in [1.54, 1.807) is 12.1 Å². The van der Waals surface area contributed by atoms with Gasteiger partial charge in [-0.25, -0.2) is 0 Å². The summed E-state index contributed by atoms with van der Waals surface area (Å²) < 4.78 is 1.86. The van der Waals surface area contributed by atoms with Gasteiger partial charge in [0, 0.05) is 23.7 Å². The third-order valence-corrected chi connectivity index (χ3v) is 4.64. The van der Waals surface area contributed by atoms with Crippen LogP contribution in [0.1, 0.15) is 59.4 Å². The van der Waals surface area contributed by atoms with Crippen LogP contribution in [0, 0.1) is 0 Å². The van der Waals surface area contributed by atoms with Crippen molar-refractivity contribution in [1.82, 2.24) is 4.57 Å². The summed E-state index contributed by atoms with van der Waals surface area (Å²) in [5.74, 6) is -1.74. The van der Waals surface area contributed by atoms with E-state index < -0.39 is 11.9 Å². The number of carboxylic acid groups (broad SMARTS) is 1. The quantitative estimate of drug-likeness (QED) is 0.542. The molecule has 3 rings (SSSR count). The van der Waals surface area contributed by atoms with Gasteiger partial charge in [-0.2, -0.15) is 0 Å². The van der Waals surface area contributed by atoms with Crippen LogP contribution in [0.3, 0.4) is 0 Å². The van der Waals surface area contributed by atoms with Crippen molar-refractivity contribution < 1.29 is 66.1 Å². The largest absolute Gasteiger partial charge is 1.00 e. The van der Waals surface area contributed by atoms with E-state index in [4.69, 9.17) is 0 Å². The average molecular weight is 349 g/mol. The van der Waals surface area contributed by atoms with E-state index >= 15 is 0 Å². The topological polar surface area (TPSA) is 62.1 Å². The minimum Gasteiger partial charge on any atom is -0.549 e. The molecule has 0 bridgehead atoms. The van der Waals surface area contributed by atoms with Crippen LogP contribution >= 0.6 is 0 Å². The first-order chi connectivity index (χ1) is 11.1. The molecule has 1 aliphatic rings. The molecule has 0 aliphatic carbocycles. The van der Waals surface area contributed by atoms with Gasteiger partial charge in [0.05, 0.1) is 11.7 Å². The fourth-order valence-corrected chi connectivity index (χ4v) is 3.28. The van der Waals surface area contributed by atoms with E-state index in [0.717, 1.165) is 19.3 Å². The molecule has 1 unspecified atom stereocenters. The summed E-state index contributed by atoms with van der Waals surface area (Å²) in [5, 5.41) is 11.4. The molecule has 1 aliphatic heterocycles. The third kappa shape index (κ3) is 3.91. The summed E-state index contributed by atoms with van der Waals surface area (Å²) in [4.78, 5) is 24.2. The number of ketones is 1. The van der Waals surface area contributed by atoms with E-state index in [1.165, 1.54) is 5.56 Å². The van der Waals surface area contributed by atoms with E-state index in [9.17, 15) is 14.7 Å². The molecular formula is C19H20KNO3. The molecule has 24 heavy (non-hydrogen) atoms. The summed E-state index contributed by atoms with van der Waals surface area (Å²) in [5.41, 5.74) is 3.08. The first kappa shape index (κ1) is 19.6. The van der Waals surface area contributed by atoms with Crippen LogP contribution in [0.5, 0.6) is 0 Å². The number of aryl methyl sites for hydroxylation is 1. The second kappa shape index (κ2) is 8.58. The predicted octanol–water partition coefficient (Wildman–Crippen LogP) is -0.697. The van der Waals surface area contributed by atoms with Gasteiger partial charge >= 0.3 is 51.4 Å². The van der Waals surface area contributed by atoms with Gasteiger partial charge < -0.3 is 14.5 Å². The Balaban J connectivity index is 0.00000208. The minimum absolute atomic E-state index is 0. The maximum Gasteiger partial charge on any atom is 1.00 e. The van der Waals surface area contributed by atoms with Crippen LogP contribution in [0.4, 0.5) is 0 Å². The summed E-state index contributed by atoms with van der Waals surface area (Å²) in [7, 11) is 0. The number of carbonyl (C=O) groups is 2. The van der Waals surface area contributed by atoms with Crippen LogP contribution in [-0.4, -0.2) is 16.3 Å². The zero-order valence-electron chi connectivity index (χ0n) is 14.2. The number of carboxylic acids is 1. The van der Waals surface area contributed by atoms with Crippen molar-refractivity contribution in [1.29, 1.82) is 0 Å². The number of fused-ring (bicyclic) bond motifs is 1. The number of hydrogen-bond acceptors (Lipinski definition) is 3. The molecule has 4 nitrogen and oxygen atoms in total. The Morgan fingerprint density at radius 2 is 1.83 bits per heavy atom. The van der Waals surface area contributed by atoms with Crippen molar-refractivity contribution in [2.75, 3.05) is 0 Å². The van der Waals surface area contributed by atoms with Crippen molar-refractivity contribution in [3.05, 3.63) is 58.9 Å². The second-order valence-electron chi connectivity index (χ2n) is 6.04. The van der Waals surface area contributed by atoms with E-state index in [1.807, 2.05) is 28.8 Å². The van der Waals surface area contributed by atoms with Gasteiger partial charge in [-0.3, -0.25) is 4.79 Å². The summed E-state index contributed by atoms with van der Waals surface area (Å²) in [6.45, 7) is 2.75. The van der Waals surface area contributed by atoms with Gasteiger partial charge in [-0.15, -0.1) is 0 Å². The third-order valence-electron chi connectivity index (χ3n) is 4.64. The average Bonchev–Trinajstić information content (AvgIpc) is 2.85. The Kier molecular flexibility index (Phi) is 7.01. The molecule has 1 atom stereocenters. The molecule has 2 heterocycles. The number of rotatable bonds is 4. The zero-order chi connectivity index (χ0) is 16.4. The smallest absolute Gasteiger partial charge is 0.549 e. The molecule has 0 fully saturated rings. The van der Waals surface area contributed by atoms with Gasteiger partial charge in [0.1, 0.15) is 0 Å². The Morgan fingerprint density at radius 3 is 2.46 bits per heavy atom. The van der Waals surface area contributed by atoms with E-state index in [0.29, 0.717) is 29.9 Å². The first-order valence-electron chi connectivity index (χ1n) is 8.15. The second-order valence-corrected chi connectivity index (χ2v) is 6.04. The minimum atomic E-state index is -1.06. The number of aromatic nitrogens is 1. The standard InChI is InChI=1S/C19H21NO3.K/c1-2-13-6-8-14(9-7-13)18(21)17-11-10-16-15(19(22)23)5-3-4-12-20(16)17;/h6-11,15H,2-5,12H2,1H3,(H,22,23);/q;+1/p-1. The van der Waals surface area contributed by atoms with Crippen LogP contribution < -0.4 is 56.5 Å². The van der Waals surface area contributed by atoms with E-state index in [-0.39, 0.29) is 57.2 Å². The molecule has 120 valence electrons. The van der Waals surface area contributed by atoms with Crippen molar-refractivity contribution in [3.8, 4) is 0 Å². The van der Waals surface area contributed by atoms with Gasteiger partial charge in [0.2, 0.25) is 5.78 Å². The monoisotopic (exact) mass is 349 g/mol. The molecule has 1 aromatic heterocycles. The van der Waals surface area contributed by atoms with Gasteiger partial charge in [0.25, 0.3) is 0 Å². The van der Waals surface area contributed by atoms with E-state index in [2.05, 4.69) is 6.92 Å². The predicted molar refractivity (Wildman–Crippen MR) is 85.3 cm³/mol. The number of carbonyl (C=O) groups excluding carboxylic acids is 2. The van der Waals surface area contributed by atoms with Crippen molar-refractivity contribution in [2.24, 2.45) is 0 Å². The maximum absolute atomic E-state index is 12.8. The van der Waals surface area contributed by atoms with Crippen molar-refractivity contribution in [2.45, 2.75) is 45.1 Å². The number of hydrogen-bond donors (Lipinski definition) is 0. The van der Waals surface area contributed by atoms with Gasteiger partial charge in [-0.05, 0) is 37.0 Å². The molecule has 0 spiro atoms. The molecule has 1 aromatic carbocycles. The number of aliphatic carboxylic acids is 1. The fourth-order valence-electron chi connectivity index (χ4n) is 3.28. The normalized spacial score (nSPS) is 16.6. The molecule has 0 N–H and O–H groups in total. The summed E-state index contributed by atoms with van der Waals surface area (Å²) in [6, 6.07) is 11.1. The zero-order valence-corrected chi connectivity index (χ0v) is 17.4. The van der Waals surface area contributed by atoms with Crippen LogP contribution in [-0.2, 0) is 17.8 Å². The molecule has 0 amide bonds. The summed E-state index contributed by atoms with van der Waals surface area (Å²) in [6.07, 6.45) is 3.22. The Labute approximate surface area is 184 Å². The Bertz CT molecular complexity index is 734. The van der Waals surface area contributed by atoms with Crippen LogP contribution in [0.25, 0.3) is 0 Å². The van der Waals surface area contributed by atoms with Crippen molar-refractivity contribution >= 4 is 11.8 Å². The maximum atomic E-state index is 12.8. The fraction of sp³-hybridized carbons (Fsp3) is 0.368. The first-order valence-corrected chi connectivity index (χ1v) is 8.15. The molecule has 0 saturated carbocycles. The molecular weight excluding hydrogens is 329 g/mol. The number of nitrogens with zero attached hydrogens (tertiary/aromatic N) is 1. The molecule has 5 heteroatoms. The molecule has 0 saturated heterocycles. The van der Waals surface area contributed by atoms with Gasteiger partial charge in [0.15, 0.2) is 0 Å². The van der Waals surface area contributed by atoms with Crippen LogP contribution in [0.15, 0.2) is 36.4 Å². The molecule has 2 aromatic rings. The van der Waals surface area contributed by atoms with Crippen molar-refractivity contribution in [3.63, 3.8) is 0 Å². The Morgan fingerprint density at radius 1 is 1.12 bits per heavy atom. The number of benzene rings is 1. The summed E-state index contributed by atoms with van der Waals surface area (Å²) >= 11 is 0.